The van der Waals surface area contributed by atoms with E-state index < -0.39 is 17.6 Å². The molecule has 0 aliphatic rings. The summed E-state index contributed by atoms with van der Waals surface area (Å²) in [4.78, 5) is 0. The van der Waals surface area contributed by atoms with Crippen molar-refractivity contribution in [1.82, 2.24) is 0 Å². The molecular weight excluding hydrogens is 452 g/mol. The lowest BCUT2D eigenvalue weighted by atomic mass is 10.0. The highest BCUT2D eigenvalue weighted by Crippen LogP contribution is 2.19. The van der Waals surface area contributed by atoms with E-state index in [9.17, 15) is 0 Å². The van der Waals surface area contributed by atoms with Crippen molar-refractivity contribution in [3.8, 4) is 0 Å². The maximum atomic E-state index is 5.44. The fourth-order valence-electron chi connectivity index (χ4n) is 3.95. The zero-order valence-electron chi connectivity index (χ0n) is 23.5. The molecule has 0 saturated carbocycles. The third kappa shape index (κ3) is 19.1. The predicted molar refractivity (Wildman–Crippen MR) is 144 cm³/mol. The van der Waals surface area contributed by atoms with Gasteiger partial charge in [-0.1, -0.05) is 104 Å². The summed E-state index contributed by atoms with van der Waals surface area (Å²) in [5.41, 5.74) is 0. The normalized spacial score (nSPS) is 12.0. The SMILES string of the molecule is CCCCCCCCCCCCCCCC[Si](OC)(OC)OC.CCC[Si](OC)(OC)OC. The van der Waals surface area contributed by atoms with E-state index in [-0.39, 0.29) is 0 Å². The molecule has 0 atom stereocenters. The van der Waals surface area contributed by atoms with Crippen LogP contribution in [0.15, 0.2) is 0 Å². The van der Waals surface area contributed by atoms with Gasteiger partial charge in [-0.25, -0.2) is 0 Å². The molecule has 0 saturated heterocycles. The van der Waals surface area contributed by atoms with Crippen molar-refractivity contribution in [3.05, 3.63) is 0 Å². The lowest BCUT2D eigenvalue weighted by molar-refractivity contribution is 0.122. The molecule has 8 heteroatoms. The van der Waals surface area contributed by atoms with E-state index in [1.54, 1.807) is 42.7 Å². The van der Waals surface area contributed by atoms with Gasteiger partial charge in [-0.2, -0.15) is 0 Å². The fourth-order valence-corrected chi connectivity index (χ4v) is 7.47. The average Bonchev–Trinajstić information content (AvgIpc) is 2.86. The molecule has 0 N–H and O–H groups in total. The van der Waals surface area contributed by atoms with Crippen LogP contribution < -0.4 is 0 Å². The first kappa shape index (κ1) is 35.4. The Hall–Kier alpha value is 0.194. The van der Waals surface area contributed by atoms with Crippen molar-refractivity contribution in [2.24, 2.45) is 0 Å². The van der Waals surface area contributed by atoms with Gasteiger partial charge in [0.1, 0.15) is 0 Å². The maximum absolute atomic E-state index is 5.44. The summed E-state index contributed by atoms with van der Waals surface area (Å²) in [6.07, 6.45) is 20.4. The molecule has 0 aromatic heterocycles. The van der Waals surface area contributed by atoms with Crippen molar-refractivity contribution in [1.29, 1.82) is 0 Å². The Morgan fingerprint density at radius 3 is 0.848 bits per heavy atom. The molecule has 0 amide bonds. The van der Waals surface area contributed by atoms with E-state index in [4.69, 9.17) is 26.6 Å². The molecule has 0 aliphatic heterocycles. The van der Waals surface area contributed by atoms with E-state index in [0.717, 1.165) is 24.9 Å². The van der Waals surface area contributed by atoms with E-state index >= 15 is 0 Å². The lowest BCUT2D eigenvalue weighted by Gasteiger charge is -2.24. The molecule has 0 rings (SSSR count). The maximum Gasteiger partial charge on any atom is 0.500 e. The van der Waals surface area contributed by atoms with Crippen LogP contribution in [0.1, 0.15) is 110 Å². The van der Waals surface area contributed by atoms with E-state index in [2.05, 4.69) is 13.8 Å². The molecule has 0 unspecified atom stereocenters. The van der Waals surface area contributed by atoms with Gasteiger partial charge in [-0.15, -0.1) is 0 Å². The van der Waals surface area contributed by atoms with Crippen LogP contribution in [-0.4, -0.2) is 60.3 Å². The highest BCUT2D eigenvalue weighted by atomic mass is 28.4. The fraction of sp³-hybridized carbons (Fsp3) is 1.00. The summed E-state index contributed by atoms with van der Waals surface area (Å²) in [5.74, 6) is 0. The molecule has 0 spiro atoms. The van der Waals surface area contributed by atoms with Crippen LogP contribution in [-0.2, 0) is 26.6 Å². The van der Waals surface area contributed by atoms with Crippen molar-refractivity contribution in [3.63, 3.8) is 0 Å². The van der Waals surface area contributed by atoms with Gasteiger partial charge in [0.05, 0.1) is 0 Å². The Morgan fingerprint density at radius 1 is 0.333 bits per heavy atom. The second-order valence-corrected chi connectivity index (χ2v) is 14.9. The molecule has 0 radical (unpaired) electrons. The first-order valence-electron chi connectivity index (χ1n) is 13.3. The van der Waals surface area contributed by atoms with Gasteiger partial charge in [0.25, 0.3) is 0 Å². The smallest absolute Gasteiger partial charge is 0.377 e. The van der Waals surface area contributed by atoms with Crippen molar-refractivity contribution in [2.75, 3.05) is 42.7 Å². The van der Waals surface area contributed by atoms with Gasteiger partial charge < -0.3 is 26.6 Å². The summed E-state index contributed by atoms with van der Waals surface area (Å²) in [6, 6.07) is 1.82. The van der Waals surface area contributed by atoms with Gasteiger partial charge in [0.15, 0.2) is 0 Å². The van der Waals surface area contributed by atoms with Gasteiger partial charge in [0.2, 0.25) is 0 Å². The molecule has 6 nitrogen and oxygen atoms in total. The number of rotatable bonds is 23. The average molecular weight is 511 g/mol. The minimum Gasteiger partial charge on any atom is -0.377 e. The van der Waals surface area contributed by atoms with Gasteiger partial charge in [0, 0.05) is 54.7 Å². The van der Waals surface area contributed by atoms with Crippen LogP contribution in [0.4, 0.5) is 0 Å². The van der Waals surface area contributed by atoms with Crippen molar-refractivity contribution >= 4 is 17.6 Å². The lowest BCUT2D eigenvalue weighted by Crippen LogP contribution is -2.42. The monoisotopic (exact) mass is 510 g/mol. The molecule has 0 bridgehead atoms. The molecule has 33 heavy (non-hydrogen) atoms. The quantitative estimate of drug-likeness (QED) is 0.104. The minimum absolute atomic E-state index is 0.885. The predicted octanol–water partition coefficient (Wildman–Crippen LogP) is 7.62. The second kappa shape index (κ2) is 25.3. The van der Waals surface area contributed by atoms with Gasteiger partial charge in [-0.3, -0.25) is 0 Å². The van der Waals surface area contributed by atoms with Crippen LogP contribution in [0.3, 0.4) is 0 Å². The molecule has 0 aromatic rings. The summed E-state index contributed by atoms with van der Waals surface area (Å²) in [6.45, 7) is 4.36. The zero-order valence-corrected chi connectivity index (χ0v) is 25.5. The van der Waals surface area contributed by atoms with E-state index in [1.165, 1.54) is 83.5 Å². The Labute approximate surface area is 209 Å². The third-order valence-corrected chi connectivity index (χ3v) is 12.1. The van der Waals surface area contributed by atoms with Crippen LogP contribution in [0.2, 0.25) is 12.1 Å². The van der Waals surface area contributed by atoms with Gasteiger partial charge >= 0.3 is 17.6 Å². The Morgan fingerprint density at radius 2 is 0.606 bits per heavy atom. The second-order valence-electron chi connectivity index (χ2n) is 8.69. The van der Waals surface area contributed by atoms with Crippen LogP contribution in [0.5, 0.6) is 0 Å². The van der Waals surface area contributed by atoms with E-state index in [0.29, 0.717) is 0 Å². The first-order chi connectivity index (χ1) is 16.0. The minimum atomic E-state index is -2.32. The molecule has 202 valence electrons. The largest absolute Gasteiger partial charge is 0.500 e. The summed E-state index contributed by atoms with van der Waals surface area (Å²) in [7, 11) is 5.46. The summed E-state index contributed by atoms with van der Waals surface area (Å²) in [5, 5.41) is 0. The summed E-state index contributed by atoms with van der Waals surface area (Å²) < 4.78 is 31.8. The van der Waals surface area contributed by atoms with Crippen LogP contribution >= 0.6 is 0 Å². The Bertz CT molecular complexity index is 363. The molecule has 0 aromatic carbocycles. The van der Waals surface area contributed by atoms with Crippen LogP contribution in [0.25, 0.3) is 0 Å². The molecule has 0 fully saturated rings. The first-order valence-corrected chi connectivity index (χ1v) is 17.2. The Kier molecular flexibility index (Phi) is 27.1. The number of unbranched alkanes of at least 4 members (excludes halogenated alkanes) is 13. The zero-order chi connectivity index (χ0) is 25.3. The number of hydrogen-bond donors (Lipinski definition) is 0. The van der Waals surface area contributed by atoms with Gasteiger partial charge in [-0.05, 0) is 6.42 Å². The number of hydrogen-bond acceptors (Lipinski definition) is 6. The van der Waals surface area contributed by atoms with E-state index in [1.807, 2.05) is 0 Å². The van der Waals surface area contributed by atoms with Crippen molar-refractivity contribution in [2.45, 2.75) is 122 Å². The molecular formula is C25H58O6Si2. The highest BCUT2D eigenvalue weighted by molar-refractivity contribution is 6.60. The Balaban J connectivity index is 0. The third-order valence-electron chi connectivity index (χ3n) is 6.26. The molecule has 0 heterocycles. The highest BCUT2D eigenvalue weighted by Gasteiger charge is 2.37. The summed E-state index contributed by atoms with van der Waals surface area (Å²) >= 11 is 0. The topological polar surface area (TPSA) is 55.4 Å². The van der Waals surface area contributed by atoms with Crippen LogP contribution in [0, 0.1) is 0 Å². The molecule has 0 aliphatic carbocycles. The van der Waals surface area contributed by atoms with Crippen molar-refractivity contribution < 1.29 is 26.6 Å². The standard InChI is InChI=1S/C19H42O3Si.C6H16O3Si/c1-5-6-7-8-9-10-11-12-13-14-15-16-17-18-19-23(20-2,21-3)22-4;1-5-6-10(7-2,8-3)9-4/h5-19H2,1-4H3;5-6H2,1-4H3.